The van der Waals surface area contributed by atoms with E-state index >= 15 is 0 Å². The van der Waals surface area contributed by atoms with Gasteiger partial charge in [-0.1, -0.05) is 36.4 Å². The average Bonchev–Trinajstić information content (AvgIpc) is 2.98. The molecule has 2 aromatic carbocycles. The van der Waals surface area contributed by atoms with Crippen LogP contribution in [0.3, 0.4) is 0 Å². The molecule has 1 aliphatic heterocycles. The molecule has 0 atom stereocenters. The lowest BCUT2D eigenvalue weighted by Gasteiger charge is -2.18. The second kappa shape index (κ2) is 5.72. The number of aromatic nitrogens is 1. The van der Waals surface area contributed by atoms with Crippen LogP contribution in [-0.2, 0) is 11.2 Å². The molecule has 4 heteroatoms. The number of fused-ring (bicyclic) bond motifs is 2. The van der Waals surface area contributed by atoms with Crippen LogP contribution in [0, 0.1) is 0 Å². The van der Waals surface area contributed by atoms with E-state index in [0.29, 0.717) is 6.54 Å². The highest BCUT2D eigenvalue weighted by atomic mass is 16.2. The molecular formula is C19H17N3O. The summed E-state index contributed by atoms with van der Waals surface area (Å²) in [5.41, 5.74) is 4.15. The fourth-order valence-electron chi connectivity index (χ4n) is 3.08. The minimum absolute atomic E-state index is 0.0150. The zero-order valence-electron chi connectivity index (χ0n) is 12.7. The molecule has 0 aliphatic carbocycles. The van der Waals surface area contributed by atoms with Gasteiger partial charge in [-0.15, -0.1) is 0 Å². The first-order chi connectivity index (χ1) is 11.3. The summed E-state index contributed by atoms with van der Waals surface area (Å²) in [6, 6.07) is 18.1. The third-order valence-corrected chi connectivity index (χ3v) is 4.19. The van der Waals surface area contributed by atoms with Crippen molar-refractivity contribution in [3.8, 4) is 0 Å². The lowest BCUT2D eigenvalue weighted by molar-refractivity contribution is -0.115. The van der Waals surface area contributed by atoms with Crippen molar-refractivity contribution in [2.45, 2.75) is 6.42 Å². The first-order valence-electron chi connectivity index (χ1n) is 7.77. The van der Waals surface area contributed by atoms with Gasteiger partial charge >= 0.3 is 0 Å². The van der Waals surface area contributed by atoms with Crippen LogP contribution in [0.1, 0.15) is 5.56 Å². The number of amides is 1. The Hall–Kier alpha value is -2.88. The van der Waals surface area contributed by atoms with Gasteiger partial charge in [0, 0.05) is 17.6 Å². The van der Waals surface area contributed by atoms with Crippen molar-refractivity contribution in [3.05, 3.63) is 66.4 Å². The molecule has 0 fully saturated rings. The van der Waals surface area contributed by atoms with Crippen LogP contribution in [0.25, 0.3) is 10.9 Å². The van der Waals surface area contributed by atoms with Crippen LogP contribution in [0.15, 0.2) is 60.8 Å². The summed E-state index contributed by atoms with van der Waals surface area (Å²) in [5.74, 6) is -0.0150. The number of carbonyl (C=O) groups excluding carboxylic acids is 1. The van der Waals surface area contributed by atoms with Crippen molar-refractivity contribution in [1.82, 2.24) is 4.98 Å². The average molecular weight is 303 g/mol. The van der Waals surface area contributed by atoms with Crippen molar-refractivity contribution in [3.63, 3.8) is 0 Å². The number of benzene rings is 2. The summed E-state index contributed by atoms with van der Waals surface area (Å²) in [4.78, 5) is 18.8. The molecule has 4 rings (SSSR count). The van der Waals surface area contributed by atoms with Gasteiger partial charge in [-0.2, -0.15) is 0 Å². The third-order valence-electron chi connectivity index (χ3n) is 4.19. The number of pyridine rings is 1. The predicted molar refractivity (Wildman–Crippen MR) is 92.7 cm³/mol. The minimum Gasteiger partial charge on any atom is -0.362 e. The smallest absolute Gasteiger partial charge is 0.243 e. The fraction of sp³-hybridized carbons (Fsp3) is 0.158. The van der Waals surface area contributed by atoms with Gasteiger partial charge in [-0.25, -0.2) is 0 Å². The van der Waals surface area contributed by atoms with Crippen LogP contribution in [0.2, 0.25) is 0 Å². The van der Waals surface area contributed by atoms with Crippen molar-refractivity contribution in [2.75, 3.05) is 23.3 Å². The largest absolute Gasteiger partial charge is 0.362 e. The molecule has 4 nitrogen and oxygen atoms in total. The Morgan fingerprint density at radius 3 is 2.91 bits per heavy atom. The first kappa shape index (κ1) is 13.8. The van der Waals surface area contributed by atoms with E-state index in [1.807, 2.05) is 42.5 Å². The van der Waals surface area contributed by atoms with Crippen molar-refractivity contribution < 1.29 is 4.79 Å². The molecule has 3 aromatic rings. The van der Waals surface area contributed by atoms with Gasteiger partial charge in [-0.3, -0.25) is 9.78 Å². The Labute approximate surface area is 134 Å². The molecule has 0 spiro atoms. The third kappa shape index (κ3) is 2.75. The highest BCUT2D eigenvalue weighted by molar-refractivity contribution is 5.96. The topological polar surface area (TPSA) is 45.2 Å². The Morgan fingerprint density at radius 1 is 1.13 bits per heavy atom. The fourth-order valence-corrected chi connectivity index (χ4v) is 3.08. The molecule has 0 bridgehead atoms. The quantitative estimate of drug-likeness (QED) is 0.808. The maximum atomic E-state index is 12.3. The first-order valence-corrected chi connectivity index (χ1v) is 7.77. The molecule has 23 heavy (non-hydrogen) atoms. The van der Waals surface area contributed by atoms with Crippen molar-refractivity contribution >= 4 is 28.2 Å². The van der Waals surface area contributed by atoms with Crippen LogP contribution < -0.4 is 10.2 Å². The number of hydrogen-bond donors (Lipinski definition) is 1. The van der Waals surface area contributed by atoms with E-state index in [1.165, 1.54) is 11.3 Å². The van der Waals surface area contributed by atoms with E-state index < -0.39 is 0 Å². The molecule has 1 amide bonds. The summed E-state index contributed by atoms with van der Waals surface area (Å²) in [7, 11) is 0. The van der Waals surface area contributed by atoms with Gasteiger partial charge in [0.25, 0.3) is 0 Å². The van der Waals surface area contributed by atoms with Gasteiger partial charge in [0.15, 0.2) is 0 Å². The number of para-hydroxylation sites is 2. The number of anilines is 2. The number of rotatable bonds is 3. The van der Waals surface area contributed by atoms with Gasteiger partial charge in [0.1, 0.15) is 0 Å². The van der Waals surface area contributed by atoms with E-state index in [1.54, 1.807) is 6.20 Å². The Balaban J connectivity index is 1.47. The van der Waals surface area contributed by atoms with E-state index in [0.717, 1.165) is 29.6 Å². The summed E-state index contributed by atoms with van der Waals surface area (Å²) in [6.07, 6.45) is 2.71. The molecular weight excluding hydrogens is 286 g/mol. The Morgan fingerprint density at radius 2 is 1.96 bits per heavy atom. The normalized spacial score (nSPS) is 13.1. The summed E-state index contributed by atoms with van der Waals surface area (Å²) in [5, 5.41) is 3.97. The summed E-state index contributed by atoms with van der Waals surface area (Å²) in [6.45, 7) is 1.26. The van der Waals surface area contributed by atoms with Crippen LogP contribution in [0.5, 0.6) is 0 Å². The summed E-state index contributed by atoms with van der Waals surface area (Å²) < 4.78 is 0. The minimum atomic E-state index is -0.0150. The highest BCUT2D eigenvalue weighted by Gasteiger charge is 2.20. The van der Waals surface area contributed by atoms with E-state index in [4.69, 9.17) is 0 Å². The maximum absolute atomic E-state index is 12.3. The SMILES string of the molecule is O=C(CN1CCc2ccccc21)Nc1cnc2ccccc2c1. The zero-order valence-corrected chi connectivity index (χ0v) is 12.7. The molecule has 0 radical (unpaired) electrons. The molecule has 114 valence electrons. The number of nitrogens with one attached hydrogen (secondary N) is 1. The summed E-state index contributed by atoms with van der Waals surface area (Å²) >= 11 is 0. The van der Waals surface area contributed by atoms with Gasteiger partial charge in [-0.05, 0) is 30.2 Å². The van der Waals surface area contributed by atoms with Gasteiger partial charge in [0.2, 0.25) is 5.91 Å². The predicted octanol–water partition coefficient (Wildman–Crippen LogP) is 3.24. The molecule has 1 N–H and O–H groups in total. The van der Waals surface area contributed by atoms with Crippen LogP contribution >= 0.6 is 0 Å². The standard InChI is InChI=1S/C19H17N3O/c23-19(13-22-10-9-14-5-2-4-8-18(14)22)21-16-11-15-6-1-3-7-17(15)20-12-16/h1-8,11-12H,9-10,13H2,(H,21,23). The lowest BCUT2D eigenvalue weighted by atomic mass is 10.2. The number of carbonyl (C=O) groups is 1. The molecule has 0 unspecified atom stereocenters. The number of nitrogens with zero attached hydrogens (tertiary/aromatic N) is 2. The second-order valence-electron chi connectivity index (χ2n) is 5.77. The van der Waals surface area contributed by atoms with E-state index in [2.05, 4.69) is 27.3 Å². The molecule has 1 aliphatic rings. The molecule has 0 saturated heterocycles. The van der Waals surface area contributed by atoms with E-state index in [-0.39, 0.29) is 5.91 Å². The van der Waals surface area contributed by atoms with Crippen LogP contribution in [0.4, 0.5) is 11.4 Å². The van der Waals surface area contributed by atoms with Crippen molar-refractivity contribution in [1.29, 1.82) is 0 Å². The van der Waals surface area contributed by atoms with Crippen molar-refractivity contribution in [2.24, 2.45) is 0 Å². The number of hydrogen-bond acceptors (Lipinski definition) is 3. The second-order valence-corrected chi connectivity index (χ2v) is 5.77. The highest BCUT2D eigenvalue weighted by Crippen LogP contribution is 2.27. The van der Waals surface area contributed by atoms with E-state index in [9.17, 15) is 4.79 Å². The molecule has 1 aromatic heterocycles. The van der Waals surface area contributed by atoms with Gasteiger partial charge < -0.3 is 10.2 Å². The lowest BCUT2D eigenvalue weighted by Crippen LogP contribution is -2.31. The Bertz CT molecular complexity index is 875. The zero-order chi connectivity index (χ0) is 15.6. The molecule has 0 saturated carbocycles. The Kier molecular flexibility index (Phi) is 3.42. The monoisotopic (exact) mass is 303 g/mol. The van der Waals surface area contributed by atoms with Gasteiger partial charge in [0.05, 0.1) is 23.9 Å². The maximum Gasteiger partial charge on any atom is 0.243 e. The van der Waals surface area contributed by atoms with Crippen LogP contribution in [-0.4, -0.2) is 24.0 Å². The molecule has 2 heterocycles.